The van der Waals surface area contributed by atoms with Gasteiger partial charge < -0.3 is 20.3 Å². The van der Waals surface area contributed by atoms with Gasteiger partial charge in [-0.1, -0.05) is 405 Å². The van der Waals surface area contributed by atoms with Crippen LogP contribution < -0.4 is 5.32 Å². The highest BCUT2D eigenvalue weighted by atomic mass is 16.5. The fraction of sp³-hybridized carbons (Fsp3) is 0.949. The number of aliphatic hydroxyl groups is 2. The lowest BCUT2D eigenvalue weighted by molar-refractivity contribution is -0.143. The van der Waals surface area contributed by atoms with Crippen LogP contribution in [0.1, 0.15) is 457 Å². The molecule has 0 rings (SSSR count). The first-order valence-electron chi connectivity index (χ1n) is 39.4. The highest BCUT2D eigenvalue weighted by Gasteiger charge is 2.20. The Hall–Kier alpha value is -1.40. The van der Waals surface area contributed by atoms with Crippen molar-refractivity contribution >= 4 is 11.9 Å². The molecule has 1 amide bonds. The van der Waals surface area contributed by atoms with Gasteiger partial charge in [0, 0.05) is 12.8 Å². The Morgan fingerprint density at radius 2 is 0.553 bits per heavy atom. The van der Waals surface area contributed by atoms with E-state index in [1.54, 1.807) is 0 Å². The number of hydrogen-bond donors (Lipinski definition) is 3. The van der Waals surface area contributed by atoms with E-state index in [0.717, 1.165) is 38.5 Å². The maximum Gasteiger partial charge on any atom is 0.305 e. The zero-order valence-corrected chi connectivity index (χ0v) is 58.1. The molecule has 0 bridgehead atoms. The molecule has 2 atom stereocenters. The second-order valence-electron chi connectivity index (χ2n) is 27.4. The Labute approximate surface area is 533 Å². The van der Waals surface area contributed by atoms with Crippen LogP contribution >= 0.6 is 0 Å². The molecule has 6 nitrogen and oxygen atoms in total. The van der Waals surface area contributed by atoms with Crippen molar-refractivity contribution < 1.29 is 24.5 Å². The molecule has 0 radical (unpaired) electrons. The molecule has 2 unspecified atom stereocenters. The number of nitrogens with one attached hydrogen (secondary N) is 1. The molecule has 0 aromatic rings. The summed E-state index contributed by atoms with van der Waals surface area (Å²) in [5, 5.41) is 23.5. The van der Waals surface area contributed by atoms with Gasteiger partial charge in [-0.3, -0.25) is 9.59 Å². The van der Waals surface area contributed by atoms with Gasteiger partial charge in [0.1, 0.15) is 0 Å². The van der Waals surface area contributed by atoms with Crippen molar-refractivity contribution in [3.8, 4) is 0 Å². The number of carbonyl (C=O) groups is 2. The molecule has 506 valence electrons. The van der Waals surface area contributed by atoms with Gasteiger partial charge in [-0.2, -0.15) is 0 Å². The van der Waals surface area contributed by atoms with Crippen molar-refractivity contribution in [2.45, 2.75) is 469 Å². The first kappa shape index (κ1) is 83.6. The fourth-order valence-corrected chi connectivity index (χ4v) is 12.8. The van der Waals surface area contributed by atoms with Gasteiger partial charge in [-0.05, 0) is 51.4 Å². The Balaban J connectivity index is 3.34. The number of ether oxygens (including phenoxy) is 1. The van der Waals surface area contributed by atoms with Crippen LogP contribution in [-0.4, -0.2) is 47.4 Å². The molecule has 85 heavy (non-hydrogen) atoms. The van der Waals surface area contributed by atoms with Gasteiger partial charge in [0.25, 0.3) is 0 Å². The lowest BCUT2D eigenvalue weighted by Gasteiger charge is -2.22. The summed E-state index contributed by atoms with van der Waals surface area (Å²) in [7, 11) is 0. The highest BCUT2D eigenvalue weighted by Crippen LogP contribution is 2.20. The summed E-state index contributed by atoms with van der Waals surface area (Å²) in [6.45, 7) is 5.01. The molecule has 0 fully saturated rings. The summed E-state index contributed by atoms with van der Waals surface area (Å²) in [6.07, 6.45) is 94.4. The quantitative estimate of drug-likeness (QED) is 0.0320. The first-order valence-corrected chi connectivity index (χ1v) is 39.4. The molecular weight excluding hydrogens is 1040 g/mol. The third-order valence-corrected chi connectivity index (χ3v) is 18.8. The Kier molecular flexibility index (Phi) is 73.8. The summed E-state index contributed by atoms with van der Waals surface area (Å²) >= 11 is 0. The van der Waals surface area contributed by atoms with Crippen LogP contribution in [0, 0.1) is 0 Å². The molecule has 0 aliphatic rings. The lowest BCUT2D eigenvalue weighted by atomic mass is 10.0. The summed E-state index contributed by atoms with van der Waals surface area (Å²) in [4.78, 5) is 24.6. The van der Waals surface area contributed by atoms with Crippen LogP contribution in [0.15, 0.2) is 12.2 Å². The fourth-order valence-electron chi connectivity index (χ4n) is 12.8. The molecule has 0 spiro atoms. The minimum atomic E-state index is -0.663. The van der Waals surface area contributed by atoms with Crippen molar-refractivity contribution in [1.82, 2.24) is 5.32 Å². The van der Waals surface area contributed by atoms with E-state index >= 15 is 0 Å². The average molecular weight is 1200 g/mol. The first-order chi connectivity index (χ1) is 42.0. The van der Waals surface area contributed by atoms with Crippen LogP contribution in [0.4, 0.5) is 0 Å². The summed E-state index contributed by atoms with van der Waals surface area (Å²) < 4.78 is 5.50. The number of allylic oxidation sites excluding steroid dienone is 2. The molecular formula is C79H155NO5. The topological polar surface area (TPSA) is 95.9 Å². The zero-order chi connectivity index (χ0) is 61.3. The number of unbranched alkanes of at least 4 members (excludes halogenated alkanes) is 62. The van der Waals surface area contributed by atoms with Crippen LogP contribution in [0.3, 0.4) is 0 Å². The second kappa shape index (κ2) is 75.1. The standard InChI is InChI=1S/C79H155NO5/c1-3-5-7-9-11-13-15-17-19-20-21-35-38-41-44-47-51-55-59-63-67-71-77(82)76(75-81)80-78(83)72-68-64-60-56-52-48-45-42-39-36-33-31-29-27-25-23-22-24-26-28-30-32-34-37-40-43-46-50-54-58-62-66-70-74-85-79(84)73-69-65-61-57-53-49-18-16-14-12-10-8-6-4-2/h26,28,76-77,81-82H,3-25,27,29-75H2,1-2H3,(H,80,83)/b28-26-. The second-order valence-corrected chi connectivity index (χ2v) is 27.4. The minimum Gasteiger partial charge on any atom is -0.466 e. The van der Waals surface area contributed by atoms with Crippen LogP contribution in [0.25, 0.3) is 0 Å². The number of carbonyl (C=O) groups excluding carboxylic acids is 2. The minimum absolute atomic E-state index is 0.0222. The zero-order valence-electron chi connectivity index (χ0n) is 58.1. The van der Waals surface area contributed by atoms with Crippen LogP contribution in [0.5, 0.6) is 0 Å². The summed E-state index contributed by atoms with van der Waals surface area (Å²) in [5.41, 5.74) is 0. The number of aliphatic hydroxyl groups excluding tert-OH is 2. The largest absolute Gasteiger partial charge is 0.466 e. The van der Waals surface area contributed by atoms with Crippen molar-refractivity contribution in [1.29, 1.82) is 0 Å². The van der Waals surface area contributed by atoms with E-state index in [1.807, 2.05) is 0 Å². The van der Waals surface area contributed by atoms with Crippen molar-refractivity contribution in [2.75, 3.05) is 13.2 Å². The Morgan fingerprint density at radius 3 is 0.835 bits per heavy atom. The van der Waals surface area contributed by atoms with Crippen LogP contribution in [0.2, 0.25) is 0 Å². The van der Waals surface area contributed by atoms with Gasteiger partial charge in [0.2, 0.25) is 5.91 Å². The molecule has 3 N–H and O–H groups in total. The van der Waals surface area contributed by atoms with Crippen molar-refractivity contribution in [2.24, 2.45) is 0 Å². The van der Waals surface area contributed by atoms with E-state index in [0.29, 0.717) is 25.9 Å². The van der Waals surface area contributed by atoms with E-state index < -0.39 is 12.1 Å². The third kappa shape index (κ3) is 71.6. The van der Waals surface area contributed by atoms with Crippen molar-refractivity contribution in [3.63, 3.8) is 0 Å². The number of amides is 1. The maximum absolute atomic E-state index is 12.6. The SMILES string of the molecule is CCCCCCCCCCCCCCCCCCCCCCCC(O)C(CO)NC(=O)CCCCCCCCCCCCCCCCCCC/C=C\CCCCCCCCCCCCCCOC(=O)CCCCCCCCCCCCCCCC. The molecule has 0 aliphatic carbocycles. The highest BCUT2D eigenvalue weighted by molar-refractivity contribution is 5.76. The van der Waals surface area contributed by atoms with E-state index in [4.69, 9.17) is 4.74 Å². The molecule has 0 aromatic carbocycles. The van der Waals surface area contributed by atoms with Gasteiger partial charge in [-0.15, -0.1) is 0 Å². The van der Waals surface area contributed by atoms with E-state index in [-0.39, 0.29) is 18.5 Å². The smallest absolute Gasteiger partial charge is 0.305 e. The van der Waals surface area contributed by atoms with E-state index in [9.17, 15) is 19.8 Å². The third-order valence-electron chi connectivity index (χ3n) is 18.8. The Bertz CT molecular complexity index is 1290. The average Bonchev–Trinajstić information content (AvgIpc) is 3.51. The Morgan fingerprint density at radius 1 is 0.318 bits per heavy atom. The maximum atomic E-state index is 12.6. The number of rotatable bonds is 75. The van der Waals surface area contributed by atoms with E-state index in [1.165, 1.54) is 385 Å². The van der Waals surface area contributed by atoms with Gasteiger partial charge in [0.05, 0.1) is 25.4 Å². The number of esters is 1. The molecule has 0 aromatic heterocycles. The normalized spacial score (nSPS) is 12.5. The van der Waals surface area contributed by atoms with Gasteiger partial charge in [-0.25, -0.2) is 0 Å². The predicted molar refractivity (Wildman–Crippen MR) is 375 cm³/mol. The number of hydrogen-bond acceptors (Lipinski definition) is 5. The summed E-state index contributed by atoms with van der Waals surface area (Å²) in [5.74, 6) is -0.00404. The monoisotopic (exact) mass is 1200 g/mol. The van der Waals surface area contributed by atoms with Crippen molar-refractivity contribution in [3.05, 3.63) is 12.2 Å². The van der Waals surface area contributed by atoms with Gasteiger partial charge >= 0.3 is 5.97 Å². The molecule has 0 saturated carbocycles. The molecule has 0 aliphatic heterocycles. The molecule has 6 heteroatoms. The lowest BCUT2D eigenvalue weighted by Crippen LogP contribution is -2.45. The molecule has 0 heterocycles. The predicted octanol–water partition coefficient (Wildman–Crippen LogP) is 25.9. The van der Waals surface area contributed by atoms with E-state index in [2.05, 4.69) is 31.3 Å². The summed E-state index contributed by atoms with van der Waals surface area (Å²) in [6, 6.07) is -0.539. The van der Waals surface area contributed by atoms with Crippen LogP contribution in [-0.2, 0) is 14.3 Å². The molecule has 0 saturated heterocycles. The van der Waals surface area contributed by atoms with Gasteiger partial charge in [0.15, 0.2) is 0 Å².